The Balaban J connectivity index is 1.60. The minimum absolute atomic E-state index is 0.0175. The van der Waals surface area contributed by atoms with Gasteiger partial charge in [0.05, 0.1) is 5.92 Å². The van der Waals surface area contributed by atoms with E-state index < -0.39 is 6.03 Å². The Hall–Kier alpha value is -2.82. The average Bonchev–Trinajstić information content (AvgIpc) is 2.67. The van der Waals surface area contributed by atoms with E-state index in [2.05, 4.69) is 29.6 Å². The van der Waals surface area contributed by atoms with Crippen LogP contribution in [0.2, 0.25) is 0 Å². The molecule has 1 aliphatic rings. The maximum atomic E-state index is 12.4. The van der Waals surface area contributed by atoms with E-state index >= 15 is 0 Å². The molecule has 1 heterocycles. The van der Waals surface area contributed by atoms with E-state index in [1.165, 1.54) is 0 Å². The number of carbonyl (C=O) groups is 2. The number of urea groups is 1. The number of likely N-dealkylation sites (tertiary alicyclic amines) is 1. The Morgan fingerprint density at radius 1 is 1.08 bits per heavy atom. The van der Waals surface area contributed by atoms with Crippen molar-refractivity contribution in [1.82, 2.24) is 10.2 Å². The zero-order valence-electron chi connectivity index (χ0n) is 14.2. The number of rotatable bonds is 4. The summed E-state index contributed by atoms with van der Waals surface area (Å²) in [6.45, 7) is 1.52. The Morgan fingerprint density at radius 2 is 1.84 bits per heavy atom. The Bertz CT molecular complexity index is 746. The number of hydrogen-bond donors (Lipinski definition) is 2. The van der Waals surface area contributed by atoms with Crippen LogP contribution < -0.4 is 11.1 Å². The molecular formula is C20H23N3O2. The number of nitrogens with two attached hydrogens (primary N) is 1. The third kappa shape index (κ3) is 4.38. The highest BCUT2D eigenvalue weighted by molar-refractivity contribution is 5.80. The minimum atomic E-state index is -0.451. The summed E-state index contributed by atoms with van der Waals surface area (Å²) in [6.07, 6.45) is 1.60. The number of piperidine rings is 1. The van der Waals surface area contributed by atoms with Gasteiger partial charge >= 0.3 is 6.03 Å². The summed E-state index contributed by atoms with van der Waals surface area (Å²) in [5.74, 6) is -0.199. The molecule has 130 valence electrons. The highest BCUT2D eigenvalue weighted by Gasteiger charge is 2.27. The number of nitrogens with one attached hydrogen (secondary N) is 1. The molecule has 0 spiro atoms. The van der Waals surface area contributed by atoms with Gasteiger partial charge in [0.2, 0.25) is 5.91 Å². The molecule has 1 fully saturated rings. The standard InChI is InChI=1S/C20H23N3O2/c21-20(25)23-11-5-10-18(14-23)19(24)22-13-15-6-4-9-17(12-15)16-7-2-1-3-8-16/h1-4,6-9,12,18H,5,10-11,13-14H2,(H2,21,25)(H,22,24). The van der Waals surface area contributed by atoms with Crippen LogP contribution in [0.5, 0.6) is 0 Å². The molecular weight excluding hydrogens is 314 g/mol. The quantitative estimate of drug-likeness (QED) is 0.900. The SMILES string of the molecule is NC(=O)N1CCCC(C(=O)NCc2cccc(-c3ccccc3)c2)C1. The first-order valence-electron chi connectivity index (χ1n) is 8.60. The summed E-state index contributed by atoms with van der Waals surface area (Å²) >= 11 is 0. The van der Waals surface area contributed by atoms with Crippen LogP contribution in [-0.2, 0) is 11.3 Å². The molecule has 25 heavy (non-hydrogen) atoms. The fourth-order valence-electron chi connectivity index (χ4n) is 3.22. The lowest BCUT2D eigenvalue weighted by Crippen LogP contribution is -2.47. The Morgan fingerprint density at radius 3 is 2.60 bits per heavy atom. The zero-order valence-corrected chi connectivity index (χ0v) is 14.2. The van der Waals surface area contributed by atoms with Crippen LogP contribution in [0, 0.1) is 5.92 Å². The van der Waals surface area contributed by atoms with Crippen molar-refractivity contribution in [2.75, 3.05) is 13.1 Å². The van der Waals surface area contributed by atoms with Crippen LogP contribution in [-0.4, -0.2) is 29.9 Å². The van der Waals surface area contributed by atoms with Gasteiger partial charge in [-0.3, -0.25) is 4.79 Å². The van der Waals surface area contributed by atoms with E-state index in [9.17, 15) is 9.59 Å². The lowest BCUT2D eigenvalue weighted by atomic mass is 9.97. The molecule has 5 heteroatoms. The van der Waals surface area contributed by atoms with Crippen LogP contribution in [0.4, 0.5) is 4.79 Å². The summed E-state index contributed by atoms with van der Waals surface area (Å²) in [5.41, 5.74) is 8.66. The highest BCUT2D eigenvalue weighted by Crippen LogP contribution is 2.20. The third-order valence-electron chi connectivity index (χ3n) is 4.60. The predicted octanol–water partition coefficient (Wildman–Crippen LogP) is 2.76. The molecule has 1 unspecified atom stereocenters. The third-order valence-corrected chi connectivity index (χ3v) is 4.60. The van der Waals surface area contributed by atoms with E-state index in [0.29, 0.717) is 19.6 Å². The van der Waals surface area contributed by atoms with Gasteiger partial charge < -0.3 is 16.0 Å². The van der Waals surface area contributed by atoms with E-state index in [0.717, 1.165) is 29.5 Å². The van der Waals surface area contributed by atoms with Crippen molar-refractivity contribution in [2.45, 2.75) is 19.4 Å². The van der Waals surface area contributed by atoms with Crippen LogP contribution in [0.1, 0.15) is 18.4 Å². The fraction of sp³-hybridized carbons (Fsp3) is 0.300. The van der Waals surface area contributed by atoms with Gasteiger partial charge in [-0.25, -0.2) is 4.79 Å². The van der Waals surface area contributed by atoms with E-state index in [1.54, 1.807) is 4.90 Å². The minimum Gasteiger partial charge on any atom is -0.352 e. The normalized spacial score (nSPS) is 17.1. The van der Waals surface area contributed by atoms with Gasteiger partial charge in [-0.2, -0.15) is 0 Å². The molecule has 3 amide bonds. The second-order valence-corrected chi connectivity index (χ2v) is 6.41. The van der Waals surface area contributed by atoms with Crippen molar-refractivity contribution in [3.8, 4) is 11.1 Å². The number of nitrogens with zero attached hydrogens (tertiary/aromatic N) is 1. The first kappa shape index (κ1) is 17.0. The van der Waals surface area contributed by atoms with Gasteiger partial charge in [-0.05, 0) is 35.6 Å². The first-order chi connectivity index (χ1) is 12.1. The first-order valence-corrected chi connectivity index (χ1v) is 8.60. The molecule has 1 atom stereocenters. The number of amides is 3. The van der Waals surface area contributed by atoms with Gasteiger partial charge in [0.25, 0.3) is 0 Å². The molecule has 1 aliphatic heterocycles. The van der Waals surface area contributed by atoms with Gasteiger partial charge in [-0.1, -0.05) is 48.5 Å². The van der Waals surface area contributed by atoms with Crippen LogP contribution in [0.15, 0.2) is 54.6 Å². The summed E-state index contributed by atoms with van der Waals surface area (Å²) < 4.78 is 0. The highest BCUT2D eigenvalue weighted by atomic mass is 16.2. The lowest BCUT2D eigenvalue weighted by molar-refractivity contribution is -0.126. The fourth-order valence-corrected chi connectivity index (χ4v) is 3.22. The molecule has 0 radical (unpaired) electrons. The number of carbonyl (C=O) groups excluding carboxylic acids is 2. The van der Waals surface area contributed by atoms with Gasteiger partial charge in [-0.15, -0.1) is 0 Å². The molecule has 0 saturated carbocycles. The van der Waals surface area contributed by atoms with Gasteiger partial charge in [0.1, 0.15) is 0 Å². The molecule has 1 saturated heterocycles. The Labute approximate surface area is 147 Å². The van der Waals surface area contributed by atoms with Crippen molar-refractivity contribution in [1.29, 1.82) is 0 Å². The summed E-state index contributed by atoms with van der Waals surface area (Å²) in [7, 11) is 0. The van der Waals surface area contributed by atoms with E-state index in [-0.39, 0.29) is 11.8 Å². The van der Waals surface area contributed by atoms with Crippen LogP contribution in [0.3, 0.4) is 0 Å². The molecule has 0 aliphatic carbocycles. The summed E-state index contributed by atoms with van der Waals surface area (Å²) in [5, 5.41) is 2.99. The predicted molar refractivity (Wildman–Crippen MR) is 97.6 cm³/mol. The summed E-state index contributed by atoms with van der Waals surface area (Å²) in [6, 6.07) is 17.9. The molecule has 0 bridgehead atoms. The average molecular weight is 337 g/mol. The maximum Gasteiger partial charge on any atom is 0.314 e. The van der Waals surface area contributed by atoms with E-state index in [1.807, 2.05) is 30.3 Å². The maximum absolute atomic E-state index is 12.4. The topological polar surface area (TPSA) is 75.4 Å². The molecule has 3 N–H and O–H groups in total. The van der Waals surface area contributed by atoms with Crippen molar-refractivity contribution in [3.63, 3.8) is 0 Å². The number of primary amides is 1. The van der Waals surface area contributed by atoms with Crippen molar-refractivity contribution >= 4 is 11.9 Å². The molecule has 5 nitrogen and oxygen atoms in total. The number of benzene rings is 2. The largest absolute Gasteiger partial charge is 0.352 e. The second kappa shape index (κ2) is 7.83. The molecule has 2 aromatic rings. The van der Waals surface area contributed by atoms with Crippen LogP contribution >= 0.6 is 0 Å². The van der Waals surface area contributed by atoms with Crippen LogP contribution in [0.25, 0.3) is 11.1 Å². The molecule has 2 aromatic carbocycles. The second-order valence-electron chi connectivity index (χ2n) is 6.41. The molecule has 0 aromatic heterocycles. The van der Waals surface area contributed by atoms with Crippen molar-refractivity contribution in [3.05, 3.63) is 60.2 Å². The number of hydrogen-bond acceptors (Lipinski definition) is 2. The van der Waals surface area contributed by atoms with Crippen molar-refractivity contribution in [2.24, 2.45) is 11.7 Å². The molecule has 3 rings (SSSR count). The lowest BCUT2D eigenvalue weighted by Gasteiger charge is -2.30. The summed E-state index contributed by atoms with van der Waals surface area (Å²) in [4.78, 5) is 25.2. The van der Waals surface area contributed by atoms with E-state index in [4.69, 9.17) is 5.73 Å². The van der Waals surface area contributed by atoms with Crippen molar-refractivity contribution < 1.29 is 9.59 Å². The monoisotopic (exact) mass is 337 g/mol. The zero-order chi connectivity index (χ0) is 17.6. The van der Waals surface area contributed by atoms with Gasteiger partial charge in [0.15, 0.2) is 0 Å². The van der Waals surface area contributed by atoms with Gasteiger partial charge in [0, 0.05) is 19.6 Å². The smallest absolute Gasteiger partial charge is 0.314 e. The Kier molecular flexibility index (Phi) is 5.33.